The molecule has 1 aromatic heterocycles. The molecule has 122 valence electrons. The van der Waals surface area contributed by atoms with Gasteiger partial charge in [0, 0.05) is 31.6 Å². The quantitative estimate of drug-likeness (QED) is 0.844. The molecular formula is C16H24N2O3S. The summed E-state index contributed by atoms with van der Waals surface area (Å²) in [5.41, 5.74) is 1.77. The molecule has 1 saturated heterocycles. The highest BCUT2D eigenvalue weighted by Gasteiger charge is 2.33. The first kappa shape index (κ1) is 17.0. The first-order chi connectivity index (χ1) is 10.5. The van der Waals surface area contributed by atoms with Crippen LogP contribution in [-0.4, -0.2) is 49.6 Å². The molecule has 0 bridgehead atoms. The number of ether oxygens (including phenoxy) is 1. The van der Waals surface area contributed by atoms with E-state index in [1.165, 1.54) is 11.3 Å². The monoisotopic (exact) mass is 324 g/mol. The summed E-state index contributed by atoms with van der Waals surface area (Å²) in [5.74, 6) is -0.0691. The zero-order chi connectivity index (χ0) is 16.1. The van der Waals surface area contributed by atoms with E-state index in [0.29, 0.717) is 19.7 Å². The van der Waals surface area contributed by atoms with Crippen LogP contribution in [0.4, 0.5) is 0 Å². The van der Waals surface area contributed by atoms with Crippen LogP contribution in [0.2, 0.25) is 0 Å². The van der Waals surface area contributed by atoms with Gasteiger partial charge in [-0.05, 0) is 37.6 Å². The molecule has 0 aromatic carbocycles. The fraction of sp³-hybridized carbons (Fsp3) is 0.625. The van der Waals surface area contributed by atoms with E-state index in [4.69, 9.17) is 4.74 Å². The second kappa shape index (κ2) is 7.74. The minimum atomic E-state index is -0.129. The summed E-state index contributed by atoms with van der Waals surface area (Å²) in [6, 6.07) is 0.176. The van der Waals surface area contributed by atoms with Crippen LogP contribution in [0.15, 0.2) is 10.8 Å². The van der Waals surface area contributed by atoms with E-state index in [2.05, 4.69) is 12.2 Å². The number of likely N-dealkylation sites (tertiary alicyclic amines) is 1. The van der Waals surface area contributed by atoms with E-state index in [9.17, 15) is 9.59 Å². The van der Waals surface area contributed by atoms with E-state index in [1.807, 2.05) is 22.6 Å². The molecule has 0 spiro atoms. The maximum Gasteiger partial charge on any atom is 0.255 e. The lowest BCUT2D eigenvalue weighted by molar-refractivity contribution is -0.126. The van der Waals surface area contributed by atoms with Crippen molar-refractivity contribution in [3.63, 3.8) is 0 Å². The van der Waals surface area contributed by atoms with E-state index >= 15 is 0 Å². The summed E-state index contributed by atoms with van der Waals surface area (Å²) in [6.07, 6.45) is 1.68. The molecule has 0 unspecified atom stereocenters. The molecule has 5 nitrogen and oxygen atoms in total. The fourth-order valence-corrected chi connectivity index (χ4v) is 3.58. The Kier molecular flexibility index (Phi) is 5.97. The van der Waals surface area contributed by atoms with Gasteiger partial charge in [0.05, 0.1) is 18.1 Å². The van der Waals surface area contributed by atoms with Gasteiger partial charge in [0.1, 0.15) is 0 Å². The molecule has 0 radical (unpaired) electrons. The van der Waals surface area contributed by atoms with Crippen LogP contribution in [0.1, 0.15) is 35.7 Å². The first-order valence-electron chi connectivity index (χ1n) is 7.65. The number of hydrogen-bond donors (Lipinski definition) is 1. The van der Waals surface area contributed by atoms with Gasteiger partial charge in [-0.3, -0.25) is 9.59 Å². The summed E-state index contributed by atoms with van der Waals surface area (Å²) in [6.45, 7) is 5.52. The van der Waals surface area contributed by atoms with Crippen LogP contribution in [0, 0.1) is 12.8 Å². The third kappa shape index (κ3) is 3.87. The molecule has 1 aliphatic heterocycles. The van der Waals surface area contributed by atoms with Crippen molar-refractivity contribution in [2.75, 3.05) is 26.8 Å². The molecule has 2 amide bonds. The Bertz CT molecular complexity index is 529. The van der Waals surface area contributed by atoms with Crippen LogP contribution in [0.3, 0.4) is 0 Å². The molecule has 0 aliphatic carbocycles. The van der Waals surface area contributed by atoms with Crippen molar-refractivity contribution in [1.82, 2.24) is 10.2 Å². The molecule has 2 atom stereocenters. The average molecular weight is 324 g/mol. The maximum absolute atomic E-state index is 12.7. The molecular weight excluding hydrogens is 300 g/mol. The third-order valence-electron chi connectivity index (χ3n) is 4.21. The van der Waals surface area contributed by atoms with Gasteiger partial charge < -0.3 is 15.0 Å². The lowest BCUT2D eigenvalue weighted by Gasteiger charge is -2.37. The highest BCUT2D eigenvalue weighted by molar-refractivity contribution is 7.08. The van der Waals surface area contributed by atoms with Gasteiger partial charge in [0.15, 0.2) is 0 Å². The van der Waals surface area contributed by atoms with Crippen LogP contribution in [0.5, 0.6) is 0 Å². The van der Waals surface area contributed by atoms with Crippen molar-refractivity contribution in [3.8, 4) is 0 Å². The van der Waals surface area contributed by atoms with Gasteiger partial charge in [-0.1, -0.05) is 0 Å². The van der Waals surface area contributed by atoms with Crippen molar-refractivity contribution in [1.29, 1.82) is 0 Å². The second-order valence-electron chi connectivity index (χ2n) is 5.83. The Morgan fingerprint density at radius 2 is 2.18 bits per heavy atom. The number of amides is 2. The largest absolute Gasteiger partial charge is 0.383 e. The standard InChI is InChI=1S/C16H24N2O3S/c1-11-9-22-10-14(11)16(20)18-8-13(5-4-12(18)2)15(19)17-6-7-21-3/h9-10,12-13H,4-8H2,1-3H3,(H,17,19)/t12-,13-/m0/s1. The topological polar surface area (TPSA) is 58.6 Å². The van der Waals surface area contributed by atoms with Gasteiger partial charge in [0.2, 0.25) is 5.91 Å². The summed E-state index contributed by atoms with van der Waals surface area (Å²) in [5, 5.41) is 6.75. The summed E-state index contributed by atoms with van der Waals surface area (Å²) in [7, 11) is 1.61. The Morgan fingerprint density at radius 1 is 1.41 bits per heavy atom. The molecule has 2 heterocycles. The smallest absolute Gasteiger partial charge is 0.255 e. The Balaban J connectivity index is 2.00. The van der Waals surface area contributed by atoms with Crippen molar-refractivity contribution < 1.29 is 14.3 Å². The highest BCUT2D eigenvalue weighted by atomic mass is 32.1. The second-order valence-corrected chi connectivity index (χ2v) is 6.58. The lowest BCUT2D eigenvalue weighted by Crippen LogP contribution is -2.49. The predicted molar refractivity (Wildman–Crippen MR) is 87.2 cm³/mol. The van der Waals surface area contributed by atoms with E-state index < -0.39 is 0 Å². The van der Waals surface area contributed by atoms with Crippen molar-refractivity contribution in [2.24, 2.45) is 5.92 Å². The molecule has 22 heavy (non-hydrogen) atoms. The van der Waals surface area contributed by atoms with Gasteiger partial charge >= 0.3 is 0 Å². The molecule has 1 aliphatic rings. The molecule has 1 aromatic rings. The number of methoxy groups -OCH3 is 1. The minimum Gasteiger partial charge on any atom is -0.383 e. The predicted octanol–water partition coefficient (Wildman–Crippen LogP) is 2.06. The lowest BCUT2D eigenvalue weighted by atomic mass is 9.92. The van der Waals surface area contributed by atoms with Gasteiger partial charge in [0.25, 0.3) is 5.91 Å². The van der Waals surface area contributed by atoms with E-state index in [0.717, 1.165) is 24.0 Å². The number of rotatable bonds is 5. The highest BCUT2D eigenvalue weighted by Crippen LogP contribution is 2.25. The van der Waals surface area contributed by atoms with Crippen LogP contribution < -0.4 is 5.32 Å². The van der Waals surface area contributed by atoms with Gasteiger partial charge in [-0.15, -0.1) is 0 Å². The first-order valence-corrected chi connectivity index (χ1v) is 8.59. The number of carbonyl (C=O) groups is 2. The molecule has 0 saturated carbocycles. The summed E-state index contributed by atoms with van der Waals surface area (Å²) < 4.78 is 4.94. The number of thiophene rings is 1. The van der Waals surface area contributed by atoms with Crippen molar-refractivity contribution >= 4 is 23.2 Å². The minimum absolute atomic E-state index is 0.0174. The summed E-state index contributed by atoms with van der Waals surface area (Å²) in [4.78, 5) is 26.7. The number of nitrogens with zero attached hydrogens (tertiary/aromatic N) is 1. The summed E-state index contributed by atoms with van der Waals surface area (Å²) >= 11 is 1.54. The van der Waals surface area contributed by atoms with Crippen LogP contribution >= 0.6 is 11.3 Å². The Labute approximate surface area is 135 Å². The Morgan fingerprint density at radius 3 is 2.82 bits per heavy atom. The number of carbonyl (C=O) groups excluding carboxylic acids is 2. The van der Waals surface area contributed by atoms with E-state index in [-0.39, 0.29) is 23.8 Å². The van der Waals surface area contributed by atoms with Gasteiger partial charge in [-0.25, -0.2) is 0 Å². The molecule has 6 heteroatoms. The maximum atomic E-state index is 12.7. The van der Waals surface area contributed by atoms with Crippen LogP contribution in [0.25, 0.3) is 0 Å². The molecule has 1 N–H and O–H groups in total. The normalized spacial score (nSPS) is 21.7. The molecule has 2 rings (SSSR count). The number of hydrogen-bond acceptors (Lipinski definition) is 4. The van der Waals surface area contributed by atoms with Crippen molar-refractivity contribution in [3.05, 3.63) is 21.9 Å². The SMILES string of the molecule is COCCNC(=O)[C@H]1CC[C@H](C)N(C(=O)c2cscc2C)C1. The fourth-order valence-electron chi connectivity index (χ4n) is 2.76. The van der Waals surface area contributed by atoms with Crippen molar-refractivity contribution in [2.45, 2.75) is 32.7 Å². The molecule has 1 fully saturated rings. The Hall–Kier alpha value is -1.40. The number of piperidine rings is 1. The van der Waals surface area contributed by atoms with Gasteiger partial charge in [-0.2, -0.15) is 11.3 Å². The average Bonchev–Trinajstić information content (AvgIpc) is 2.93. The van der Waals surface area contributed by atoms with E-state index in [1.54, 1.807) is 7.11 Å². The zero-order valence-electron chi connectivity index (χ0n) is 13.4. The van der Waals surface area contributed by atoms with Crippen LogP contribution in [-0.2, 0) is 9.53 Å². The number of nitrogens with one attached hydrogen (secondary N) is 1. The third-order valence-corrected chi connectivity index (χ3v) is 5.07. The number of aryl methyl sites for hydroxylation is 1. The zero-order valence-corrected chi connectivity index (χ0v) is 14.2.